The van der Waals surface area contributed by atoms with E-state index >= 15 is 0 Å². The summed E-state index contributed by atoms with van der Waals surface area (Å²) in [5.41, 5.74) is -1.66. The Morgan fingerprint density at radius 3 is 2.74 bits per heavy atom. The predicted molar refractivity (Wildman–Crippen MR) is 99.6 cm³/mol. The highest BCUT2D eigenvalue weighted by Gasteiger charge is 2.40. The quantitative estimate of drug-likeness (QED) is 0.476. The number of halogens is 5. The maximum absolute atomic E-state index is 13.9. The normalized spacial score (nSPS) is 14.3. The number of aromatic nitrogens is 6. The zero-order valence-corrected chi connectivity index (χ0v) is 16.0. The molecule has 162 valence electrons. The average Bonchev–Trinajstić information content (AvgIpc) is 3.39. The number of pyridine rings is 1. The highest BCUT2D eigenvalue weighted by atomic mass is 19.4. The first-order valence-electron chi connectivity index (χ1n) is 9.35. The zero-order valence-electron chi connectivity index (χ0n) is 16.0. The molecule has 0 saturated carbocycles. The number of hydrogen-bond acceptors (Lipinski definition) is 4. The van der Waals surface area contributed by atoms with Gasteiger partial charge in [-0.05, 0) is 12.1 Å². The maximum Gasteiger partial charge on any atom is 0.435 e. The smallest absolute Gasteiger partial charge is 0.435 e. The number of rotatable bonds is 3. The molecule has 4 aromatic rings. The van der Waals surface area contributed by atoms with Crippen LogP contribution in [0.15, 0.2) is 24.5 Å². The van der Waals surface area contributed by atoms with Crippen LogP contribution in [-0.4, -0.2) is 36.1 Å². The van der Waals surface area contributed by atoms with Crippen LogP contribution in [0.2, 0.25) is 0 Å². The topological polar surface area (TPSA) is 73.5 Å². The van der Waals surface area contributed by atoms with Gasteiger partial charge in [0.15, 0.2) is 5.69 Å². The molecule has 0 unspecified atom stereocenters. The first kappa shape index (κ1) is 19.5. The third kappa shape index (κ3) is 3.04. The van der Waals surface area contributed by atoms with E-state index in [-0.39, 0.29) is 40.5 Å². The number of aromatic amines is 1. The van der Waals surface area contributed by atoms with Gasteiger partial charge >= 0.3 is 6.18 Å². The summed E-state index contributed by atoms with van der Waals surface area (Å²) in [5, 5.41) is 7.88. The molecule has 12 heteroatoms. The maximum atomic E-state index is 13.9. The summed E-state index contributed by atoms with van der Waals surface area (Å²) >= 11 is 0. The molecule has 31 heavy (non-hydrogen) atoms. The van der Waals surface area contributed by atoms with Gasteiger partial charge in [0, 0.05) is 48.9 Å². The molecule has 0 amide bonds. The van der Waals surface area contributed by atoms with Crippen LogP contribution in [0.1, 0.15) is 24.2 Å². The SMILES string of the molecule is Cn1cc(-c2c(-c3c(C(F)F)nn4c3OCCC4)[nH]c3ncccc23)c(C(F)(F)F)n1. The fraction of sp³-hybridized carbons (Fsp3) is 0.316. The molecule has 0 atom stereocenters. The van der Waals surface area contributed by atoms with Crippen molar-refractivity contribution in [3.05, 3.63) is 35.9 Å². The lowest BCUT2D eigenvalue weighted by molar-refractivity contribution is -0.140. The Morgan fingerprint density at radius 1 is 1.19 bits per heavy atom. The van der Waals surface area contributed by atoms with E-state index in [9.17, 15) is 22.0 Å². The summed E-state index contributed by atoms with van der Waals surface area (Å²) in [4.78, 5) is 7.08. The monoisotopic (exact) mass is 438 g/mol. The molecular weight excluding hydrogens is 423 g/mol. The number of fused-ring (bicyclic) bond motifs is 2. The zero-order chi connectivity index (χ0) is 21.9. The summed E-state index contributed by atoms with van der Waals surface area (Å²) in [6, 6.07) is 3.13. The Bertz CT molecular complexity index is 1290. The van der Waals surface area contributed by atoms with Crippen LogP contribution in [0.3, 0.4) is 0 Å². The van der Waals surface area contributed by atoms with E-state index in [1.807, 2.05) is 0 Å². The molecule has 5 heterocycles. The summed E-state index contributed by atoms with van der Waals surface area (Å²) in [6.45, 7) is 0.652. The van der Waals surface area contributed by atoms with Crippen molar-refractivity contribution < 1.29 is 26.7 Å². The van der Waals surface area contributed by atoms with Crippen molar-refractivity contribution in [3.63, 3.8) is 0 Å². The van der Waals surface area contributed by atoms with E-state index in [2.05, 4.69) is 20.2 Å². The molecule has 7 nitrogen and oxygen atoms in total. The summed E-state index contributed by atoms with van der Waals surface area (Å²) < 4.78 is 77.0. The molecule has 1 aliphatic rings. The van der Waals surface area contributed by atoms with Gasteiger partial charge < -0.3 is 9.72 Å². The summed E-state index contributed by atoms with van der Waals surface area (Å²) in [7, 11) is 1.36. The van der Waals surface area contributed by atoms with Gasteiger partial charge in [0.25, 0.3) is 6.43 Å². The van der Waals surface area contributed by atoms with Crippen LogP contribution >= 0.6 is 0 Å². The number of nitrogens with one attached hydrogen (secondary N) is 1. The Balaban J connectivity index is 1.88. The second-order valence-corrected chi connectivity index (χ2v) is 7.13. The van der Waals surface area contributed by atoms with Crippen molar-refractivity contribution in [1.82, 2.24) is 29.5 Å². The van der Waals surface area contributed by atoms with Gasteiger partial charge in [0.05, 0.1) is 17.9 Å². The molecule has 4 aromatic heterocycles. The van der Waals surface area contributed by atoms with Gasteiger partial charge in [0.2, 0.25) is 5.88 Å². The molecule has 0 bridgehead atoms. The van der Waals surface area contributed by atoms with Gasteiger partial charge in [-0.25, -0.2) is 18.4 Å². The molecule has 1 aliphatic heterocycles. The average molecular weight is 438 g/mol. The molecule has 0 aromatic carbocycles. The van der Waals surface area contributed by atoms with Crippen molar-refractivity contribution in [2.75, 3.05) is 6.61 Å². The minimum atomic E-state index is -4.75. The number of nitrogens with zero attached hydrogens (tertiary/aromatic N) is 5. The lowest BCUT2D eigenvalue weighted by Crippen LogP contribution is -2.15. The molecule has 0 saturated heterocycles. The third-order valence-corrected chi connectivity index (χ3v) is 5.08. The molecule has 0 spiro atoms. The third-order valence-electron chi connectivity index (χ3n) is 5.08. The fourth-order valence-corrected chi connectivity index (χ4v) is 3.90. The van der Waals surface area contributed by atoms with E-state index in [4.69, 9.17) is 4.74 Å². The highest BCUT2D eigenvalue weighted by Crippen LogP contribution is 2.48. The Labute approximate surface area is 171 Å². The van der Waals surface area contributed by atoms with Crippen molar-refractivity contribution in [2.24, 2.45) is 7.05 Å². The first-order valence-corrected chi connectivity index (χ1v) is 9.35. The van der Waals surface area contributed by atoms with Crippen molar-refractivity contribution in [1.29, 1.82) is 0 Å². The van der Waals surface area contributed by atoms with E-state index in [1.165, 1.54) is 24.1 Å². The van der Waals surface area contributed by atoms with Gasteiger partial charge in [-0.3, -0.25) is 4.68 Å². The number of H-pyrrole nitrogens is 1. The standard InChI is InChI=1S/C19H15F5N6O/c1-29-8-10(15(28-29)19(22,23)24)11-9-4-2-5-25-17(9)26-13(11)12-14(16(20)21)27-30-6-3-7-31-18(12)30/h2,4-5,8,16H,3,6-7H2,1H3,(H,25,26). The summed E-state index contributed by atoms with van der Waals surface area (Å²) in [5.74, 6) is 0.0896. The predicted octanol–water partition coefficient (Wildman–Crippen LogP) is 4.57. The van der Waals surface area contributed by atoms with Crippen molar-refractivity contribution in [3.8, 4) is 28.3 Å². The fourth-order valence-electron chi connectivity index (χ4n) is 3.90. The van der Waals surface area contributed by atoms with Crippen LogP contribution < -0.4 is 4.74 Å². The van der Waals surface area contributed by atoms with E-state index in [1.54, 1.807) is 12.1 Å². The van der Waals surface area contributed by atoms with E-state index < -0.39 is 24.0 Å². The lowest BCUT2D eigenvalue weighted by atomic mass is 9.99. The summed E-state index contributed by atoms with van der Waals surface area (Å²) in [6.07, 6.45) is -4.46. The second-order valence-electron chi connectivity index (χ2n) is 7.13. The number of ether oxygens (including phenoxy) is 1. The molecule has 1 N–H and O–H groups in total. The molecule has 5 rings (SSSR count). The number of alkyl halides is 5. The molecule has 0 aliphatic carbocycles. The van der Waals surface area contributed by atoms with Crippen LogP contribution in [0.4, 0.5) is 22.0 Å². The molecule has 0 fully saturated rings. The largest absolute Gasteiger partial charge is 0.477 e. The van der Waals surface area contributed by atoms with Gasteiger partial charge in [-0.2, -0.15) is 23.4 Å². The van der Waals surface area contributed by atoms with Crippen LogP contribution in [0.5, 0.6) is 5.88 Å². The highest BCUT2D eigenvalue weighted by molar-refractivity contribution is 6.03. The van der Waals surface area contributed by atoms with Crippen LogP contribution in [-0.2, 0) is 19.8 Å². The first-order chi connectivity index (χ1) is 14.8. The van der Waals surface area contributed by atoms with Gasteiger partial charge in [-0.15, -0.1) is 0 Å². The molecule has 0 radical (unpaired) electrons. The Morgan fingerprint density at radius 2 is 2.00 bits per heavy atom. The van der Waals surface area contributed by atoms with Crippen molar-refractivity contribution in [2.45, 2.75) is 25.6 Å². The van der Waals surface area contributed by atoms with Gasteiger partial charge in [-0.1, -0.05) is 0 Å². The Hall–Kier alpha value is -3.44. The van der Waals surface area contributed by atoms with Crippen LogP contribution in [0.25, 0.3) is 33.4 Å². The minimum absolute atomic E-state index is 0.0330. The van der Waals surface area contributed by atoms with Gasteiger partial charge in [0.1, 0.15) is 11.3 Å². The number of aryl methyl sites for hydroxylation is 2. The van der Waals surface area contributed by atoms with E-state index in [0.717, 1.165) is 4.68 Å². The van der Waals surface area contributed by atoms with Crippen molar-refractivity contribution >= 4 is 11.0 Å². The number of hydrogen-bond donors (Lipinski definition) is 1. The Kier molecular flexibility index (Phi) is 4.27. The second kappa shape index (κ2) is 6.79. The lowest BCUT2D eigenvalue weighted by Gasteiger charge is -2.16. The minimum Gasteiger partial charge on any atom is -0.477 e. The molecular formula is C19H15F5N6O. The van der Waals surface area contributed by atoms with E-state index in [0.29, 0.717) is 18.4 Å². The van der Waals surface area contributed by atoms with Crippen LogP contribution in [0, 0.1) is 0 Å².